The molecule has 2 rings (SSSR count). The van der Waals surface area contributed by atoms with E-state index in [2.05, 4.69) is 24.1 Å². The van der Waals surface area contributed by atoms with E-state index in [0.717, 1.165) is 25.7 Å². The van der Waals surface area contributed by atoms with Gasteiger partial charge in [0.1, 0.15) is 0 Å². The predicted octanol–water partition coefficient (Wildman–Crippen LogP) is 2.41. The van der Waals surface area contributed by atoms with Gasteiger partial charge >= 0.3 is 0 Å². The van der Waals surface area contributed by atoms with Crippen LogP contribution in [0.4, 0.5) is 0 Å². The van der Waals surface area contributed by atoms with Crippen molar-refractivity contribution in [2.75, 3.05) is 26.2 Å². The van der Waals surface area contributed by atoms with Crippen molar-refractivity contribution in [3.8, 4) is 0 Å². The molecule has 0 amide bonds. The Labute approximate surface area is 112 Å². The number of nitrogens with one attached hydrogen (secondary N) is 1. The van der Waals surface area contributed by atoms with Gasteiger partial charge in [-0.25, -0.2) is 0 Å². The van der Waals surface area contributed by atoms with Gasteiger partial charge in [-0.2, -0.15) is 0 Å². The molecule has 106 valence electrons. The SMILES string of the molecule is CCCCC(CCC)N1CC[C@H]2NCCO[C@@H]2C1. The second-order valence-electron chi connectivity index (χ2n) is 5.84. The van der Waals surface area contributed by atoms with E-state index in [-0.39, 0.29) is 0 Å². The lowest BCUT2D eigenvalue weighted by Crippen LogP contribution is -2.59. The summed E-state index contributed by atoms with van der Waals surface area (Å²) in [6.07, 6.45) is 8.41. The molecule has 2 aliphatic rings. The molecule has 2 aliphatic heterocycles. The first kappa shape index (κ1) is 14.3. The van der Waals surface area contributed by atoms with Crippen molar-refractivity contribution in [3.63, 3.8) is 0 Å². The molecule has 2 heterocycles. The Morgan fingerprint density at radius 1 is 1.28 bits per heavy atom. The second kappa shape index (κ2) is 7.46. The highest BCUT2D eigenvalue weighted by Crippen LogP contribution is 2.23. The zero-order valence-corrected chi connectivity index (χ0v) is 12.2. The van der Waals surface area contributed by atoms with Crippen molar-refractivity contribution in [1.82, 2.24) is 10.2 Å². The van der Waals surface area contributed by atoms with Crippen LogP contribution in [0.2, 0.25) is 0 Å². The van der Waals surface area contributed by atoms with E-state index in [9.17, 15) is 0 Å². The maximum Gasteiger partial charge on any atom is 0.0855 e. The maximum absolute atomic E-state index is 5.94. The summed E-state index contributed by atoms with van der Waals surface area (Å²) in [4.78, 5) is 2.70. The van der Waals surface area contributed by atoms with Gasteiger partial charge in [0.05, 0.1) is 12.7 Å². The van der Waals surface area contributed by atoms with Crippen LogP contribution in [0, 0.1) is 0 Å². The van der Waals surface area contributed by atoms with Gasteiger partial charge in [-0.15, -0.1) is 0 Å². The average molecular weight is 254 g/mol. The molecule has 0 aromatic carbocycles. The van der Waals surface area contributed by atoms with Gasteiger partial charge in [0.15, 0.2) is 0 Å². The zero-order valence-electron chi connectivity index (χ0n) is 12.2. The van der Waals surface area contributed by atoms with Gasteiger partial charge in [-0.05, 0) is 19.3 Å². The van der Waals surface area contributed by atoms with Gasteiger partial charge in [0.25, 0.3) is 0 Å². The molecule has 18 heavy (non-hydrogen) atoms. The molecule has 1 unspecified atom stereocenters. The molecule has 0 saturated carbocycles. The third kappa shape index (κ3) is 3.69. The summed E-state index contributed by atoms with van der Waals surface area (Å²) in [7, 11) is 0. The molecule has 0 aromatic rings. The minimum Gasteiger partial charge on any atom is -0.374 e. The number of hydrogen-bond acceptors (Lipinski definition) is 3. The normalized spacial score (nSPS) is 31.0. The maximum atomic E-state index is 5.94. The van der Waals surface area contributed by atoms with Crippen LogP contribution in [0.15, 0.2) is 0 Å². The van der Waals surface area contributed by atoms with Crippen LogP contribution in [0.25, 0.3) is 0 Å². The fourth-order valence-electron chi connectivity index (χ4n) is 3.41. The number of hydrogen-bond donors (Lipinski definition) is 1. The monoisotopic (exact) mass is 254 g/mol. The largest absolute Gasteiger partial charge is 0.374 e. The number of nitrogens with zero attached hydrogens (tertiary/aromatic N) is 1. The first-order chi connectivity index (χ1) is 8.85. The highest BCUT2D eigenvalue weighted by atomic mass is 16.5. The van der Waals surface area contributed by atoms with Crippen molar-refractivity contribution in [3.05, 3.63) is 0 Å². The fraction of sp³-hybridized carbons (Fsp3) is 1.00. The highest BCUT2D eigenvalue weighted by molar-refractivity contribution is 4.90. The first-order valence-corrected chi connectivity index (χ1v) is 7.94. The highest BCUT2D eigenvalue weighted by Gasteiger charge is 2.34. The predicted molar refractivity (Wildman–Crippen MR) is 75.9 cm³/mol. The molecule has 1 N–H and O–H groups in total. The summed E-state index contributed by atoms with van der Waals surface area (Å²) in [5.41, 5.74) is 0. The number of likely N-dealkylation sites (tertiary alicyclic amines) is 1. The molecular formula is C15H30N2O. The Morgan fingerprint density at radius 3 is 2.94 bits per heavy atom. The third-order valence-electron chi connectivity index (χ3n) is 4.46. The number of rotatable bonds is 6. The van der Waals surface area contributed by atoms with Gasteiger partial charge in [0, 0.05) is 31.7 Å². The number of unbranched alkanes of at least 4 members (excludes halogenated alkanes) is 1. The Balaban J connectivity index is 1.86. The lowest BCUT2D eigenvalue weighted by Gasteiger charge is -2.44. The first-order valence-electron chi connectivity index (χ1n) is 7.94. The lowest BCUT2D eigenvalue weighted by molar-refractivity contribution is -0.0580. The van der Waals surface area contributed by atoms with Gasteiger partial charge in [0.2, 0.25) is 0 Å². The Morgan fingerprint density at radius 2 is 2.17 bits per heavy atom. The molecular weight excluding hydrogens is 224 g/mol. The molecule has 0 spiro atoms. The van der Waals surface area contributed by atoms with Crippen molar-refractivity contribution in [2.45, 2.75) is 70.6 Å². The molecule has 3 heteroatoms. The fourth-order valence-corrected chi connectivity index (χ4v) is 3.41. The van der Waals surface area contributed by atoms with Crippen LogP contribution in [-0.2, 0) is 4.74 Å². The van der Waals surface area contributed by atoms with Crippen molar-refractivity contribution in [1.29, 1.82) is 0 Å². The Bertz CT molecular complexity index is 235. The zero-order chi connectivity index (χ0) is 12.8. The topological polar surface area (TPSA) is 24.5 Å². The number of fused-ring (bicyclic) bond motifs is 1. The van der Waals surface area contributed by atoms with Gasteiger partial charge in [-0.1, -0.05) is 33.1 Å². The van der Waals surface area contributed by atoms with Crippen LogP contribution in [0.1, 0.15) is 52.4 Å². The van der Waals surface area contributed by atoms with E-state index in [1.807, 2.05) is 0 Å². The van der Waals surface area contributed by atoms with Crippen molar-refractivity contribution >= 4 is 0 Å². The second-order valence-corrected chi connectivity index (χ2v) is 5.84. The van der Waals surface area contributed by atoms with E-state index in [1.54, 1.807) is 0 Å². The molecule has 0 radical (unpaired) electrons. The molecule has 0 aliphatic carbocycles. The van der Waals surface area contributed by atoms with Crippen LogP contribution >= 0.6 is 0 Å². The van der Waals surface area contributed by atoms with E-state index >= 15 is 0 Å². The number of morpholine rings is 1. The van der Waals surface area contributed by atoms with Gasteiger partial charge < -0.3 is 10.1 Å². The molecule has 0 aromatic heterocycles. The van der Waals surface area contributed by atoms with E-state index in [1.165, 1.54) is 45.1 Å². The van der Waals surface area contributed by atoms with Gasteiger partial charge in [-0.3, -0.25) is 4.90 Å². The van der Waals surface area contributed by atoms with Crippen LogP contribution in [-0.4, -0.2) is 49.3 Å². The molecule has 2 saturated heterocycles. The molecule has 2 fully saturated rings. The number of piperidine rings is 1. The summed E-state index contributed by atoms with van der Waals surface area (Å²) in [6.45, 7) is 8.93. The molecule has 0 bridgehead atoms. The minimum atomic E-state index is 0.438. The Kier molecular flexibility index (Phi) is 5.93. The molecule has 3 atom stereocenters. The standard InChI is InChI=1S/C15H30N2O/c1-3-5-7-13(6-4-2)17-10-8-14-15(12-17)18-11-9-16-14/h13-16H,3-12H2,1-2H3/t13?,14-,15-/m1/s1. The average Bonchev–Trinajstić information content (AvgIpc) is 2.43. The summed E-state index contributed by atoms with van der Waals surface area (Å²) >= 11 is 0. The van der Waals surface area contributed by atoms with Crippen LogP contribution in [0.5, 0.6) is 0 Å². The van der Waals surface area contributed by atoms with Crippen LogP contribution < -0.4 is 5.32 Å². The number of ether oxygens (including phenoxy) is 1. The van der Waals surface area contributed by atoms with Crippen molar-refractivity contribution < 1.29 is 4.74 Å². The Hall–Kier alpha value is -0.120. The summed E-state index contributed by atoms with van der Waals surface area (Å²) in [5, 5.41) is 3.60. The summed E-state index contributed by atoms with van der Waals surface area (Å²) in [6, 6.07) is 1.41. The lowest BCUT2D eigenvalue weighted by atomic mass is 9.95. The van der Waals surface area contributed by atoms with Crippen LogP contribution in [0.3, 0.4) is 0 Å². The summed E-state index contributed by atoms with van der Waals surface area (Å²) in [5.74, 6) is 0. The summed E-state index contributed by atoms with van der Waals surface area (Å²) < 4.78 is 5.94. The quantitative estimate of drug-likeness (QED) is 0.788. The van der Waals surface area contributed by atoms with E-state index < -0.39 is 0 Å². The van der Waals surface area contributed by atoms with E-state index in [0.29, 0.717) is 12.1 Å². The smallest absolute Gasteiger partial charge is 0.0855 e. The molecule has 3 nitrogen and oxygen atoms in total. The third-order valence-corrected chi connectivity index (χ3v) is 4.46. The van der Waals surface area contributed by atoms with Crippen molar-refractivity contribution in [2.24, 2.45) is 0 Å². The minimum absolute atomic E-state index is 0.438. The van der Waals surface area contributed by atoms with E-state index in [4.69, 9.17) is 4.74 Å².